The Hall–Kier alpha value is -1.85. The molecule has 2 heterocycles. The van der Waals surface area contributed by atoms with Crippen LogP contribution in [0.3, 0.4) is 0 Å². The standard InChI is InChI=1S/C17H27N3O3/c1-12-10-13(2)19-15(18-12)22-11-14-6-8-20(9-7-14)16(21)23-17(3,4)5/h10,14H,6-9,11H2,1-5H3. The van der Waals surface area contributed by atoms with Gasteiger partial charge in [-0.25, -0.2) is 14.8 Å². The van der Waals surface area contributed by atoms with E-state index in [9.17, 15) is 4.79 Å². The fraction of sp³-hybridized carbons (Fsp3) is 0.706. The second kappa shape index (κ2) is 7.15. The van der Waals surface area contributed by atoms with E-state index < -0.39 is 5.60 Å². The molecule has 0 unspecified atom stereocenters. The number of likely N-dealkylation sites (tertiary alicyclic amines) is 1. The van der Waals surface area contributed by atoms with Gasteiger partial charge in [0, 0.05) is 24.5 Å². The smallest absolute Gasteiger partial charge is 0.410 e. The molecule has 0 spiro atoms. The Morgan fingerprint density at radius 1 is 1.22 bits per heavy atom. The van der Waals surface area contributed by atoms with Gasteiger partial charge < -0.3 is 14.4 Å². The highest BCUT2D eigenvalue weighted by atomic mass is 16.6. The van der Waals surface area contributed by atoms with Crippen LogP contribution in [0.25, 0.3) is 0 Å². The van der Waals surface area contributed by atoms with Crippen LogP contribution in [0, 0.1) is 19.8 Å². The van der Waals surface area contributed by atoms with Crippen molar-refractivity contribution in [3.63, 3.8) is 0 Å². The van der Waals surface area contributed by atoms with E-state index >= 15 is 0 Å². The van der Waals surface area contributed by atoms with Crippen molar-refractivity contribution in [2.75, 3.05) is 19.7 Å². The molecular weight excluding hydrogens is 294 g/mol. The predicted octanol–water partition coefficient (Wildman–Crippen LogP) is 3.12. The molecule has 1 fully saturated rings. The molecule has 1 saturated heterocycles. The van der Waals surface area contributed by atoms with Crippen LogP contribution >= 0.6 is 0 Å². The summed E-state index contributed by atoms with van der Waals surface area (Å²) in [6.07, 6.45) is 1.59. The molecule has 0 bridgehead atoms. The van der Waals surface area contributed by atoms with E-state index in [-0.39, 0.29) is 6.09 Å². The summed E-state index contributed by atoms with van der Waals surface area (Å²) in [6.45, 7) is 11.5. The molecule has 2 rings (SSSR count). The average molecular weight is 321 g/mol. The SMILES string of the molecule is Cc1cc(C)nc(OCC2CCN(C(=O)OC(C)(C)C)CC2)n1. The topological polar surface area (TPSA) is 64.5 Å². The zero-order valence-electron chi connectivity index (χ0n) is 14.8. The second-order valence-electron chi connectivity index (χ2n) is 7.16. The van der Waals surface area contributed by atoms with Crippen LogP contribution in [-0.2, 0) is 4.74 Å². The van der Waals surface area contributed by atoms with Crippen LogP contribution in [0.4, 0.5) is 4.79 Å². The molecule has 23 heavy (non-hydrogen) atoms. The third-order valence-electron chi connectivity index (χ3n) is 3.68. The van der Waals surface area contributed by atoms with Crippen LogP contribution in [0.5, 0.6) is 6.01 Å². The molecule has 6 nitrogen and oxygen atoms in total. The monoisotopic (exact) mass is 321 g/mol. The highest BCUT2D eigenvalue weighted by Gasteiger charge is 2.27. The van der Waals surface area contributed by atoms with Gasteiger partial charge >= 0.3 is 12.1 Å². The Morgan fingerprint density at radius 3 is 2.30 bits per heavy atom. The van der Waals surface area contributed by atoms with E-state index in [0.29, 0.717) is 31.6 Å². The highest BCUT2D eigenvalue weighted by Crippen LogP contribution is 2.20. The number of hydrogen-bond acceptors (Lipinski definition) is 5. The van der Waals surface area contributed by atoms with Crippen molar-refractivity contribution in [1.29, 1.82) is 0 Å². The molecule has 6 heteroatoms. The van der Waals surface area contributed by atoms with Gasteiger partial charge in [-0.15, -0.1) is 0 Å². The van der Waals surface area contributed by atoms with Gasteiger partial charge in [0.2, 0.25) is 0 Å². The maximum atomic E-state index is 12.0. The van der Waals surface area contributed by atoms with Gasteiger partial charge in [-0.1, -0.05) is 0 Å². The van der Waals surface area contributed by atoms with Crippen molar-refractivity contribution < 1.29 is 14.3 Å². The summed E-state index contributed by atoms with van der Waals surface area (Å²) in [5.41, 5.74) is 1.37. The lowest BCUT2D eigenvalue weighted by Gasteiger charge is -2.33. The van der Waals surface area contributed by atoms with Crippen molar-refractivity contribution in [3.8, 4) is 6.01 Å². The maximum Gasteiger partial charge on any atom is 0.410 e. The molecule has 0 aromatic carbocycles. The summed E-state index contributed by atoms with van der Waals surface area (Å²) >= 11 is 0. The first-order valence-corrected chi connectivity index (χ1v) is 8.16. The minimum Gasteiger partial charge on any atom is -0.463 e. The average Bonchev–Trinajstić information content (AvgIpc) is 2.43. The second-order valence-corrected chi connectivity index (χ2v) is 7.16. The summed E-state index contributed by atoms with van der Waals surface area (Å²) in [4.78, 5) is 22.4. The summed E-state index contributed by atoms with van der Waals surface area (Å²) in [7, 11) is 0. The van der Waals surface area contributed by atoms with Crippen LogP contribution in [0.2, 0.25) is 0 Å². The van der Waals surface area contributed by atoms with Gasteiger partial charge in [0.1, 0.15) is 5.60 Å². The highest BCUT2D eigenvalue weighted by molar-refractivity contribution is 5.68. The first-order valence-electron chi connectivity index (χ1n) is 8.16. The van der Waals surface area contributed by atoms with Crippen molar-refractivity contribution in [1.82, 2.24) is 14.9 Å². The van der Waals surface area contributed by atoms with E-state index in [2.05, 4.69) is 9.97 Å². The summed E-state index contributed by atoms with van der Waals surface area (Å²) in [5.74, 6) is 0.415. The van der Waals surface area contributed by atoms with Gasteiger partial charge in [0.15, 0.2) is 0 Å². The molecule has 1 aromatic heterocycles. The number of ether oxygens (including phenoxy) is 2. The summed E-state index contributed by atoms with van der Waals surface area (Å²) < 4.78 is 11.1. The summed E-state index contributed by atoms with van der Waals surface area (Å²) in [6, 6.07) is 2.36. The molecule has 0 N–H and O–H groups in total. The lowest BCUT2D eigenvalue weighted by Crippen LogP contribution is -2.42. The zero-order valence-corrected chi connectivity index (χ0v) is 14.8. The van der Waals surface area contributed by atoms with Crippen LogP contribution in [0.15, 0.2) is 6.07 Å². The molecule has 0 atom stereocenters. The fourth-order valence-corrected chi connectivity index (χ4v) is 2.56. The van der Waals surface area contributed by atoms with E-state index in [4.69, 9.17) is 9.47 Å². The maximum absolute atomic E-state index is 12.0. The lowest BCUT2D eigenvalue weighted by molar-refractivity contribution is 0.0163. The van der Waals surface area contributed by atoms with Crippen molar-refractivity contribution in [3.05, 3.63) is 17.5 Å². The Balaban J connectivity index is 1.77. The quantitative estimate of drug-likeness (QED) is 0.856. The Bertz CT molecular complexity index is 526. The van der Waals surface area contributed by atoms with Gasteiger partial charge in [0.25, 0.3) is 0 Å². The first kappa shape index (κ1) is 17.5. The molecule has 0 saturated carbocycles. The zero-order chi connectivity index (χ0) is 17.0. The van der Waals surface area contributed by atoms with Crippen molar-refractivity contribution >= 4 is 6.09 Å². The van der Waals surface area contributed by atoms with Crippen LogP contribution in [0.1, 0.15) is 45.0 Å². The number of nitrogens with zero attached hydrogens (tertiary/aromatic N) is 3. The Kier molecular flexibility index (Phi) is 5.44. The van der Waals surface area contributed by atoms with E-state index in [1.807, 2.05) is 40.7 Å². The molecule has 1 amide bonds. The number of amides is 1. The van der Waals surface area contributed by atoms with Crippen molar-refractivity contribution in [2.24, 2.45) is 5.92 Å². The minimum absolute atomic E-state index is 0.227. The van der Waals surface area contributed by atoms with Gasteiger partial charge in [0.05, 0.1) is 6.61 Å². The number of aryl methyl sites for hydroxylation is 2. The molecule has 0 radical (unpaired) electrons. The molecule has 128 valence electrons. The minimum atomic E-state index is -0.447. The Morgan fingerprint density at radius 2 is 1.78 bits per heavy atom. The fourth-order valence-electron chi connectivity index (χ4n) is 2.56. The number of hydrogen-bond donors (Lipinski definition) is 0. The predicted molar refractivity (Wildman–Crippen MR) is 87.5 cm³/mol. The number of piperidine rings is 1. The molecule has 0 aliphatic carbocycles. The third kappa shape index (κ3) is 5.69. The molecule has 1 aliphatic heterocycles. The molecular formula is C17H27N3O3. The van der Waals surface area contributed by atoms with Gasteiger partial charge in [-0.3, -0.25) is 0 Å². The normalized spacial score (nSPS) is 16.3. The number of rotatable bonds is 3. The first-order chi connectivity index (χ1) is 10.7. The lowest BCUT2D eigenvalue weighted by atomic mass is 9.98. The van der Waals surface area contributed by atoms with Crippen molar-refractivity contribution in [2.45, 2.75) is 53.1 Å². The van der Waals surface area contributed by atoms with E-state index in [1.165, 1.54) is 0 Å². The summed E-state index contributed by atoms with van der Waals surface area (Å²) in [5, 5.41) is 0. The number of carbonyl (C=O) groups is 1. The third-order valence-corrected chi connectivity index (χ3v) is 3.68. The van der Waals surface area contributed by atoms with E-state index in [1.54, 1.807) is 4.90 Å². The van der Waals surface area contributed by atoms with Gasteiger partial charge in [-0.05, 0) is 59.4 Å². The number of aromatic nitrogens is 2. The van der Waals surface area contributed by atoms with Gasteiger partial charge in [-0.2, -0.15) is 0 Å². The number of carbonyl (C=O) groups excluding carboxylic acids is 1. The van der Waals surface area contributed by atoms with Crippen LogP contribution in [-0.4, -0.2) is 46.3 Å². The molecule has 1 aliphatic rings. The largest absolute Gasteiger partial charge is 0.463 e. The molecule has 1 aromatic rings. The Labute approximate surface area is 138 Å². The van der Waals surface area contributed by atoms with Crippen LogP contribution < -0.4 is 4.74 Å². The van der Waals surface area contributed by atoms with E-state index in [0.717, 1.165) is 24.2 Å².